The number of halogens is 1. The summed E-state index contributed by atoms with van der Waals surface area (Å²) < 4.78 is 19.1. The third kappa shape index (κ3) is 4.60. The van der Waals surface area contributed by atoms with Crippen LogP contribution in [-0.4, -0.2) is 38.6 Å². The van der Waals surface area contributed by atoms with Crippen molar-refractivity contribution in [3.8, 4) is 16.9 Å². The van der Waals surface area contributed by atoms with Crippen LogP contribution >= 0.6 is 11.3 Å². The first kappa shape index (κ1) is 21.5. The molecule has 0 amide bonds. The van der Waals surface area contributed by atoms with E-state index in [-0.39, 0.29) is 27.9 Å². The van der Waals surface area contributed by atoms with Gasteiger partial charge in [0.05, 0.1) is 22.9 Å². The van der Waals surface area contributed by atoms with Gasteiger partial charge in [0, 0.05) is 0 Å². The summed E-state index contributed by atoms with van der Waals surface area (Å²) in [6.07, 6.45) is 0. The van der Waals surface area contributed by atoms with E-state index in [1.165, 1.54) is 48.8 Å². The van der Waals surface area contributed by atoms with Crippen molar-refractivity contribution in [2.24, 2.45) is 0 Å². The lowest BCUT2D eigenvalue weighted by atomic mass is 10.1. The number of nitrogens with one attached hydrogen (secondary N) is 2. The topological polar surface area (TPSA) is 124 Å². The van der Waals surface area contributed by atoms with E-state index in [0.29, 0.717) is 5.52 Å². The first-order chi connectivity index (χ1) is 15.2. The van der Waals surface area contributed by atoms with Gasteiger partial charge in [0.15, 0.2) is 0 Å². The zero-order valence-corrected chi connectivity index (χ0v) is 17.4. The molecule has 32 heavy (non-hydrogen) atoms. The van der Waals surface area contributed by atoms with Crippen LogP contribution in [0.3, 0.4) is 0 Å². The van der Waals surface area contributed by atoms with E-state index in [1.807, 2.05) is 12.1 Å². The molecule has 0 aliphatic heterocycles. The molecule has 0 unspecified atom stereocenters. The van der Waals surface area contributed by atoms with Gasteiger partial charge in [-0.1, -0.05) is 29.5 Å². The van der Waals surface area contributed by atoms with Crippen LogP contribution in [0, 0.1) is 5.82 Å². The molecular formula is C21H18FN4O5S+. The van der Waals surface area contributed by atoms with Crippen LogP contribution < -0.4 is 15.6 Å². The van der Waals surface area contributed by atoms with Gasteiger partial charge in [0.1, 0.15) is 22.3 Å². The number of hydrogen-bond acceptors (Lipinski definition) is 8. The second-order valence-electron chi connectivity index (χ2n) is 6.75. The number of carbonyl (C=O) groups is 1. The molecule has 0 saturated carbocycles. The maximum absolute atomic E-state index is 13.2. The van der Waals surface area contributed by atoms with Crippen molar-refractivity contribution in [2.45, 2.75) is 0 Å². The molecule has 164 valence electrons. The van der Waals surface area contributed by atoms with Crippen molar-refractivity contribution < 1.29 is 34.5 Å². The van der Waals surface area contributed by atoms with Gasteiger partial charge in [0.25, 0.3) is 0 Å². The van der Waals surface area contributed by atoms with Gasteiger partial charge < -0.3 is 9.84 Å². The monoisotopic (exact) mass is 457 g/mol. The van der Waals surface area contributed by atoms with E-state index in [9.17, 15) is 19.6 Å². The predicted molar refractivity (Wildman–Crippen MR) is 116 cm³/mol. The number of fused-ring (bicyclic) bond motifs is 1. The highest BCUT2D eigenvalue weighted by molar-refractivity contribution is 7.22. The standard InChI is InChI=1S/C21H17FN4O5S/c1-31-18-10-14(20(27)28)5-8-16(18)24-26(29,30)25-21-23-17-9-4-13(11-19(17)32-21)12-2-6-15(22)7-3-12/h2-11,24,29-30H,1H3,(H-,23,25,27,28)/p+1. The quantitative estimate of drug-likeness (QED) is 0.199. The Bertz CT molecular complexity index is 1290. The normalized spacial score (nSPS) is 11.4. The molecule has 0 radical (unpaired) electrons. The first-order valence-electron chi connectivity index (χ1n) is 9.23. The Labute approximate surface area is 185 Å². The number of aromatic nitrogens is 1. The number of quaternary nitrogens is 1. The van der Waals surface area contributed by atoms with E-state index in [2.05, 4.69) is 15.8 Å². The van der Waals surface area contributed by atoms with Crippen molar-refractivity contribution in [3.63, 3.8) is 0 Å². The molecule has 9 nitrogen and oxygen atoms in total. The summed E-state index contributed by atoms with van der Waals surface area (Å²) in [4.78, 5) is 15.4. The summed E-state index contributed by atoms with van der Waals surface area (Å²) in [5, 5.41) is 28.1. The fourth-order valence-electron chi connectivity index (χ4n) is 3.04. The van der Waals surface area contributed by atoms with Crippen molar-refractivity contribution in [1.82, 2.24) is 4.98 Å². The number of anilines is 2. The van der Waals surface area contributed by atoms with Crippen molar-refractivity contribution in [1.29, 1.82) is 0 Å². The molecule has 4 rings (SSSR count). The lowest BCUT2D eigenvalue weighted by Crippen LogP contribution is -2.51. The van der Waals surface area contributed by atoms with Gasteiger partial charge in [-0.25, -0.2) is 14.2 Å². The first-order valence-corrected chi connectivity index (χ1v) is 10.0. The molecule has 0 aliphatic rings. The van der Waals surface area contributed by atoms with E-state index in [0.717, 1.165) is 15.8 Å². The molecule has 1 aromatic heterocycles. The van der Waals surface area contributed by atoms with Gasteiger partial charge in [-0.2, -0.15) is 0 Å². The van der Waals surface area contributed by atoms with Gasteiger partial charge in [-0.3, -0.25) is 0 Å². The Morgan fingerprint density at radius 1 is 1.03 bits per heavy atom. The van der Waals surface area contributed by atoms with Crippen molar-refractivity contribution >= 4 is 38.3 Å². The summed E-state index contributed by atoms with van der Waals surface area (Å²) in [6.45, 7) is 0. The zero-order valence-electron chi connectivity index (χ0n) is 16.6. The number of carboxylic acid groups (broad SMARTS) is 1. The molecule has 0 bridgehead atoms. The number of rotatable bonds is 7. The number of aromatic carboxylic acids is 1. The summed E-state index contributed by atoms with van der Waals surface area (Å²) in [6, 6.07) is 15.5. The number of benzene rings is 3. The fourth-order valence-corrected chi connectivity index (χ4v) is 3.97. The Balaban J connectivity index is 1.55. The van der Waals surface area contributed by atoms with Gasteiger partial charge in [0.2, 0.25) is 5.13 Å². The largest absolute Gasteiger partial charge is 0.494 e. The number of nitrogens with zero attached hydrogens (tertiary/aromatic N) is 2. The maximum atomic E-state index is 13.2. The van der Waals surface area contributed by atoms with E-state index >= 15 is 0 Å². The minimum atomic E-state index is -1.87. The summed E-state index contributed by atoms with van der Waals surface area (Å²) in [7, 11) is 1.33. The summed E-state index contributed by atoms with van der Waals surface area (Å²) in [5.41, 5.74) is 7.28. The summed E-state index contributed by atoms with van der Waals surface area (Å²) in [5.74, 6) is -1.36. The second-order valence-corrected chi connectivity index (χ2v) is 7.78. The van der Waals surface area contributed by atoms with Crippen LogP contribution in [-0.2, 0) is 0 Å². The van der Waals surface area contributed by atoms with E-state index in [1.54, 1.807) is 18.2 Å². The minimum Gasteiger partial charge on any atom is -0.494 e. The molecule has 0 aliphatic carbocycles. The molecular weight excluding hydrogens is 439 g/mol. The van der Waals surface area contributed by atoms with Gasteiger partial charge in [-0.15, -0.1) is 21.3 Å². The number of carboxylic acids is 1. The third-order valence-corrected chi connectivity index (χ3v) is 5.47. The molecule has 5 N–H and O–H groups in total. The van der Waals surface area contributed by atoms with Crippen LogP contribution in [0.4, 0.5) is 15.2 Å². The second kappa shape index (κ2) is 8.40. The average Bonchev–Trinajstić information content (AvgIpc) is 3.14. The fraction of sp³-hybridized carbons (Fsp3) is 0.0476. The lowest BCUT2D eigenvalue weighted by molar-refractivity contribution is -1.22. The van der Waals surface area contributed by atoms with Crippen LogP contribution in [0.1, 0.15) is 10.4 Å². The number of hydrogen-bond donors (Lipinski definition) is 5. The smallest absolute Gasteiger partial charge is 0.335 e. The minimum absolute atomic E-state index is 0.0162. The highest BCUT2D eigenvalue weighted by atomic mass is 32.1. The Hall–Kier alpha value is -3.77. The molecule has 11 heteroatoms. The summed E-state index contributed by atoms with van der Waals surface area (Å²) >= 11 is 1.18. The highest BCUT2D eigenvalue weighted by Gasteiger charge is 2.27. The maximum Gasteiger partial charge on any atom is 0.335 e. The third-order valence-electron chi connectivity index (χ3n) is 4.54. The highest BCUT2D eigenvalue weighted by Crippen LogP contribution is 2.32. The molecule has 0 atom stereocenters. The Morgan fingerprint density at radius 3 is 2.44 bits per heavy atom. The van der Waals surface area contributed by atoms with E-state index < -0.39 is 11.0 Å². The molecule has 0 saturated heterocycles. The van der Waals surface area contributed by atoms with Crippen LogP contribution in [0.5, 0.6) is 5.75 Å². The van der Waals surface area contributed by atoms with Crippen molar-refractivity contribution in [2.75, 3.05) is 18.0 Å². The Kier molecular flexibility index (Phi) is 5.63. The SMILES string of the molecule is COc1cc(C(=O)O)ccc1N[N+](O)(O)Nc1nc2ccc(-c3ccc(F)cc3)cc2s1. The number of methoxy groups -OCH3 is 1. The number of ether oxygens (including phenoxy) is 1. The van der Waals surface area contributed by atoms with Crippen molar-refractivity contribution in [3.05, 3.63) is 72.0 Å². The molecule has 0 spiro atoms. The molecule has 1 heterocycles. The van der Waals surface area contributed by atoms with Gasteiger partial charge in [-0.05, 0) is 53.6 Å². The predicted octanol–water partition coefficient (Wildman–Crippen LogP) is 4.76. The lowest BCUT2D eigenvalue weighted by Gasteiger charge is -2.21. The average molecular weight is 457 g/mol. The Morgan fingerprint density at radius 2 is 1.75 bits per heavy atom. The van der Waals surface area contributed by atoms with Crippen LogP contribution in [0.2, 0.25) is 0 Å². The molecule has 4 aromatic rings. The molecule has 0 fully saturated rings. The number of thiazole rings is 1. The van der Waals surface area contributed by atoms with Gasteiger partial charge >= 0.3 is 5.97 Å². The molecule has 3 aromatic carbocycles. The zero-order chi connectivity index (χ0) is 22.9. The van der Waals surface area contributed by atoms with Crippen LogP contribution in [0.25, 0.3) is 21.3 Å². The van der Waals surface area contributed by atoms with Crippen LogP contribution in [0.15, 0.2) is 60.7 Å². The van der Waals surface area contributed by atoms with E-state index in [4.69, 9.17) is 9.84 Å².